The molecule has 0 radical (unpaired) electrons. The van der Waals surface area contributed by atoms with Gasteiger partial charge < -0.3 is 10.6 Å². The van der Waals surface area contributed by atoms with Gasteiger partial charge >= 0.3 is 0 Å². The van der Waals surface area contributed by atoms with Gasteiger partial charge in [-0.25, -0.2) is 4.39 Å². The van der Waals surface area contributed by atoms with Crippen LogP contribution in [-0.2, 0) is 4.79 Å². The molecule has 0 bridgehead atoms. The van der Waals surface area contributed by atoms with Crippen molar-refractivity contribution in [2.75, 3.05) is 10.6 Å². The molecule has 1 aliphatic rings. The molecule has 0 heterocycles. The van der Waals surface area contributed by atoms with Gasteiger partial charge in [-0.15, -0.1) is 0 Å². The molecule has 0 saturated heterocycles. The van der Waals surface area contributed by atoms with Crippen molar-refractivity contribution in [1.29, 1.82) is 0 Å². The Kier molecular flexibility index (Phi) is 4.24. The smallest absolute Gasteiger partial charge is 0.255 e. The number of ketones is 1. The maximum absolute atomic E-state index is 13.7. The van der Waals surface area contributed by atoms with Crippen LogP contribution in [0.15, 0.2) is 60.7 Å². The summed E-state index contributed by atoms with van der Waals surface area (Å²) in [5.74, 6) is -1.57. The average Bonchev–Trinajstić information content (AvgIpc) is 2.96. The Bertz CT molecular complexity index is 1150. The minimum absolute atomic E-state index is 0.0233. The van der Waals surface area contributed by atoms with Crippen LogP contribution in [0.1, 0.15) is 33.2 Å². The van der Waals surface area contributed by atoms with E-state index in [0.717, 1.165) is 17.2 Å². The van der Waals surface area contributed by atoms with Gasteiger partial charge in [0, 0.05) is 29.3 Å². The average molecular weight is 374 g/mol. The predicted octanol–water partition coefficient (Wildman–Crippen LogP) is 4.25. The molecular weight excluding hydrogens is 359 g/mol. The second-order valence-electron chi connectivity index (χ2n) is 6.47. The van der Waals surface area contributed by atoms with Crippen LogP contribution >= 0.6 is 0 Å². The van der Waals surface area contributed by atoms with Crippen molar-refractivity contribution in [2.24, 2.45) is 0 Å². The number of benzene rings is 3. The zero-order valence-corrected chi connectivity index (χ0v) is 14.9. The minimum Gasteiger partial charge on any atom is -0.324 e. The van der Waals surface area contributed by atoms with E-state index in [1.165, 1.54) is 19.1 Å². The molecule has 2 amide bonds. The summed E-state index contributed by atoms with van der Waals surface area (Å²) in [6.07, 6.45) is 0. The monoisotopic (exact) mass is 374 g/mol. The van der Waals surface area contributed by atoms with Crippen LogP contribution in [-0.4, -0.2) is 17.6 Å². The van der Waals surface area contributed by atoms with Crippen LogP contribution in [0, 0.1) is 5.82 Å². The molecule has 2 N–H and O–H groups in total. The molecule has 0 atom stereocenters. The molecule has 5 nitrogen and oxygen atoms in total. The molecule has 3 aromatic rings. The summed E-state index contributed by atoms with van der Waals surface area (Å²) in [6.45, 7) is 1.27. The topological polar surface area (TPSA) is 75.3 Å². The van der Waals surface area contributed by atoms with Crippen molar-refractivity contribution < 1.29 is 18.8 Å². The Balaban J connectivity index is 1.61. The molecule has 1 aliphatic carbocycles. The fourth-order valence-electron chi connectivity index (χ4n) is 3.26. The molecular formula is C22H15FN2O3. The van der Waals surface area contributed by atoms with E-state index >= 15 is 0 Å². The van der Waals surface area contributed by atoms with Crippen molar-refractivity contribution in [2.45, 2.75) is 6.92 Å². The van der Waals surface area contributed by atoms with Gasteiger partial charge in [0.15, 0.2) is 5.78 Å². The van der Waals surface area contributed by atoms with Gasteiger partial charge in [-0.3, -0.25) is 14.4 Å². The number of nitrogens with one attached hydrogen (secondary N) is 2. The number of fused-ring (bicyclic) bond motifs is 3. The summed E-state index contributed by atoms with van der Waals surface area (Å²) in [7, 11) is 0. The zero-order valence-electron chi connectivity index (χ0n) is 14.9. The van der Waals surface area contributed by atoms with Crippen LogP contribution in [0.4, 0.5) is 15.8 Å². The largest absolute Gasteiger partial charge is 0.324 e. The highest BCUT2D eigenvalue weighted by molar-refractivity contribution is 6.22. The lowest BCUT2D eigenvalue weighted by atomic mass is 10.0. The molecule has 0 fully saturated rings. The van der Waals surface area contributed by atoms with E-state index in [0.29, 0.717) is 22.4 Å². The van der Waals surface area contributed by atoms with Gasteiger partial charge in [-0.05, 0) is 41.5 Å². The van der Waals surface area contributed by atoms with E-state index in [9.17, 15) is 18.8 Å². The van der Waals surface area contributed by atoms with Crippen molar-refractivity contribution in [3.05, 3.63) is 83.2 Å². The van der Waals surface area contributed by atoms with Crippen LogP contribution in [0.3, 0.4) is 0 Å². The summed E-state index contributed by atoms with van der Waals surface area (Å²) >= 11 is 0. The van der Waals surface area contributed by atoms with E-state index in [1.807, 2.05) is 12.1 Å². The van der Waals surface area contributed by atoms with E-state index in [4.69, 9.17) is 0 Å². The third kappa shape index (κ3) is 3.05. The third-order valence-corrected chi connectivity index (χ3v) is 4.52. The quantitative estimate of drug-likeness (QED) is 0.563. The first kappa shape index (κ1) is 17.6. The van der Waals surface area contributed by atoms with Crippen LogP contribution in [0.5, 0.6) is 0 Å². The molecule has 28 heavy (non-hydrogen) atoms. The highest BCUT2D eigenvalue weighted by Gasteiger charge is 2.27. The molecule has 0 aromatic heterocycles. The number of anilines is 2. The number of rotatable bonds is 3. The SMILES string of the molecule is CC(=O)Nc1cc(NC(=O)c2ccc3c(c2)C(=O)c2ccccc2-3)ccc1F. The molecule has 4 rings (SSSR count). The van der Waals surface area contributed by atoms with Crippen molar-refractivity contribution in [1.82, 2.24) is 0 Å². The number of hydrogen-bond acceptors (Lipinski definition) is 3. The number of carbonyl (C=O) groups excluding carboxylic acids is 3. The first-order valence-electron chi connectivity index (χ1n) is 8.60. The molecule has 0 unspecified atom stereocenters. The molecule has 138 valence electrons. The van der Waals surface area contributed by atoms with E-state index in [1.54, 1.807) is 30.3 Å². The maximum Gasteiger partial charge on any atom is 0.255 e. The summed E-state index contributed by atoms with van der Waals surface area (Å²) in [5.41, 5.74) is 3.36. The highest BCUT2D eigenvalue weighted by Crippen LogP contribution is 2.36. The summed E-state index contributed by atoms with van der Waals surface area (Å²) in [4.78, 5) is 36.4. The molecule has 0 aliphatic heterocycles. The normalized spacial score (nSPS) is 11.6. The molecule has 0 spiro atoms. The lowest BCUT2D eigenvalue weighted by Gasteiger charge is -2.10. The standard InChI is InChI=1S/C22H15FN2O3/c1-12(26)24-20-11-14(7-9-19(20)23)25-22(28)13-6-8-16-15-4-2-3-5-17(15)21(27)18(16)10-13/h2-11H,1H3,(H,24,26)(H,25,28). The Morgan fingerprint density at radius 2 is 1.54 bits per heavy atom. The molecule has 6 heteroatoms. The Morgan fingerprint density at radius 1 is 0.821 bits per heavy atom. The Hall–Kier alpha value is -3.80. The second kappa shape index (κ2) is 6.74. The van der Waals surface area contributed by atoms with E-state index in [-0.39, 0.29) is 11.5 Å². The fourth-order valence-corrected chi connectivity index (χ4v) is 3.26. The van der Waals surface area contributed by atoms with Crippen LogP contribution in [0.25, 0.3) is 11.1 Å². The number of hydrogen-bond donors (Lipinski definition) is 2. The fraction of sp³-hybridized carbons (Fsp3) is 0.0455. The zero-order chi connectivity index (χ0) is 19.8. The molecule has 0 saturated carbocycles. The van der Waals surface area contributed by atoms with Gasteiger partial charge in [-0.2, -0.15) is 0 Å². The summed E-state index contributed by atoms with van der Waals surface area (Å²) in [5, 5.41) is 5.02. The summed E-state index contributed by atoms with van der Waals surface area (Å²) < 4.78 is 13.7. The molecule has 3 aromatic carbocycles. The van der Waals surface area contributed by atoms with Crippen molar-refractivity contribution in [3.8, 4) is 11.1 Å². The van der Waals surface area contributed by atoms with Crippen molar-refractivity contribution in [3.63, 3.8) is 0 Å². The number of amides is 2. The lowest BCUT2D eigenvalue weighted by Crippen LogP contribution is -2.14. The van der Waals surface area contributed by atoms with Crippen LogP contribution < -0.4 is 10.6 Å². The predicted molar refractivity (Wildman–Crippen MR) is 104 cm³/mol. The summed E-state index contributed by atoms with van der Waals surface area (Å²) in [6, 6.07) is 16.1. The third-order valence-electron chi connectivity index (χ3n) is 4.52. The van der Waals surface area contributed by atoms with E-state index in [2.05, 4.69) is 10.6 Å². The van der Waals surface area contributed by atoms with Crippen molar-refractivity contribution >= 4 is 29.0 Å². The number of carbonyl (C=O) groups is 3. The van der Waals surface area contributed by atoms with Gasteiger partial charge in [0.1, 0.15) is 5.82 Å². The maximum atomic E-state index is 13.7. The second-order valence-corrected chi connectivity index (χ2v) is 6.47. The van der Waals surface area contributed by atoms with E-state index < -0.39 is 17.6 Å². The Morgan fingerprint density at radius 3 is 2.29 bits per heavy atom. The van der Waals surface area contributed by atoms with Gasteiger partial charge in [0.2, 0.25) is 5.91 Å². The first-order chi connectivity index (χ1) is 13.4. The highest BCUT2D eigenvalue weighted by atomic mass is 19.1. The van der Waals surface area contributed by atoms with Gasteiger partial charge in [0.25, 0.3) is 5.91 Å². The Labute approximate surface area is 160 Å². The van der Waals surface area contributed by atoms with Gasteiger partial charge in [0.05, 0.1) is 5.69 Å². The first-order valence-corrected chi connectivity index (χ1v) is 8.60. The van der Waals surface area contributed by atoms with Gasteiger partial charge in [-0.1, -0.05) is 30.3 Å². The number of halogens is 1. The van der Waals surface area contributed by atoms with Crippen LogP contribution in [0.2, 0.25) is 0 Å². The minimum atomic E-state index is -0.603. The lowest BCUT2D eigenvalue weighted by molar-refractivity contribution is -0.114.